The summed E-state index contributed by atoms with van der Waals surface area (Å²) in [5.74, 6) is 1.44. The topological polar surface area (TPSA) is 122 Å². The van der Waals surface area contributed by atoms with E-state index in [0.717, 1.165) is 143 Å². The molecule has 20 aromatic rings. The Morgan fingerprint density at radius 3 is 0.991 bits per heavy atom. The smallest absolute Gasteiger partial charge is 0.399 e. The number of aromatic nitrogens is 8. The number of pyridine rings is 4. The van der Waals surface area contributed by atoms with Crippen LogP contribution in [0.25, 0.3) is 187 Å². The SMILES string of the molecule is Brc1cc(-c2cccnc2)cc(-c2ccccn2)c1.CC1(C)OB(c2ccc(-c3nc4c5ccccc5c5cccc6c7ccccc7c(n3)c4c56)cc2)OC1(C)C.c1ccc(-c2cc(-c3ccc(-c4nc5c6ccccc6c6cccc7c8ccccc8c(n4)c5c67)cc3)cc(-c3cccnc3)c2)nc1. The lowest BCUT2D eigenvalue weighted by atomic mass is 9.79. The van der Waals surface area contributed by atoms with Crippen molar-refractivity contribution in [3.63, 3.8) is 0 Å². The Hall–Kier alpha value is -12.6. The summed E-state index contributed by atoms with van der Waals surface area (Å²) in [4.78, 5) is 38.7. The first-order valence-electron chi connectivity index (χ1n) is 35.6. The second kappa shape index (κ2) is 26.0. The minimum atomic E-state index is -0.400. The van der Waals surface area contributed by atoms with Gasteiger partial charge in [-0.3, -0.25) is 19.9 Å². The molecular formula is C94H64BBrN8O2. The number of halogens is 1. The summed E-state index contributed by atoms with van der Waals surface area (Å²) in [7, 11) is -0.400. The van der Waals surface area contributed by atoms with Crippen molar-refractivity contribution >= 4 is 137 Å². The Bertz CT molecular complexity index is 6440. The van der Waals surface area contributed by atoms with E-state index in [4.69, 9.17) is 29.2 Å². The molecule has 12 heteroatoms. The van der Waals surface area contributed by atoms with Crippen molar-refractivity contribution in [1.29, 1.82) is 0 Å². The van der Waals surface area contributed by atoms with Crippen LogP contribution >= 0.6 is 15.9 Å². The molecule has 1 saturated heterocycles. The van der Waals surface area contributed by atoms with E-state index in [2.05, 4.69) is 294 Å². The van der Waals surface area contributed by atoms with Gasteiger partial charge in [-0.15, -0.1) is 0 Å². The van der Waals surface area contributed by atoms with E-state index >= 15 is 0 Å². The second-order valence-electron chi connectivity index (χ2n) is 28.1. The highest BCUT2D eigenvalue weighted by atomic mass is 79.9. The molecule has 14 aromatic carbocycles. The monoisotopic (exact) mass is 1430 g/mol. The van der Waals surface area contributed by atoms with Crippen LogP contribution in [-0.4, -0.2) is 58.2 Å². The minimum Gasteiger partial charge on any atom is -0.399 e. The second-order valence-corrected chi connectivity index (χ2v) is 29.0. The quantitative estimate of drug-likeness (QED) is 0.0826. The molecular weight excluding hydrogens is 1360 g/mol. The highest BCUT2D eigenvalue weighted by molar-refractivity contribution is 9.10. The molecule has 502 valence electrons. The molecule has 0 saturated carbocycles. The van der Waals surface area contributed by atoms with Crippen LogP contribution in [0.2, 0.25) is 0 Å². The lowest BCUT2D eigenvalue weighted by Crippen LogP contribution is -2.41. The van der Waals surface area contributed by atoms with Crippen molar-refractivity contribution in [3.8, 4) is 78.7 Å². The molecule has 1 aliphatic rings. The molecule has 1 fully saturated rings. The van der Waals surface area contributed by atoms with Crippen molar-refractivity contribution in [2.24, 2.45) is 0 Å². The van der Waals surface area contributed by atoms with Gasteiger partial charge in [0.15, 0.2) is 11.6 Å². The first-order valence-corrected chi connectivity index (χ1v) is 36.4. The van der Waals surface area contributed by atoms with Crippen molar-refractivity contribution in [2.45, 2.75) is 38.9 Å². The third-order valence-electron chi connectivity index (χ3n) is 21.2. The first-order chi connectivity index (χ1) is 51.9. The standard InChI is InChI=1S/C44H26N4.C34H27BN2O2.C16H11BrN2/c1-3-12-37-33(10-1)35-14-7-15-36-34-11-2-4-13-38(34)43-41(40(35)36)42(37)47-44(48-43)28-19-17-27(18-20-28)30-23-31(29-9-8-21-45-26-29)25-32(24-30)39-16-5-6-22-46-39;1-33(2)34(3,4)39-35(38-33)21-18-16-20(17-19-21)32-36-30-26-12-7-5-10-22(26)24-14-9-15-25-23-11-6-8-13-27(23)31(37-32)29(30)28(24)25;17-15-9-13(12-4-3-6-18-11-12)8-14(10-15)16-5-1-2-7-19-16/h1-26H;5-19H,1-4H3;1-11H. The van der Waals surface area contributed by atoms with Crippen LogP contribution in [0.4, 0.5) is 0 Å². The zero-order valence-electron chi connectivity index (χ0n) is 58.4. The molecule has 106 heavy (non-hydrogen) atoms. The average Bonchev–Trinajstić information content (AvgIpc) is 0.855. The predicted octanol–water partition coefficient (Wildman–Crippen LogP) is 23.4. The Labute approximate surface area is 620 Å². The summed E-state index contributed by atoms with van der Waals surface area (Å²) in [5.41, 5.74) is 16.8. The largest absolute Gasteiger partial charge is 0.494 e. The van der Waals surface area contributed by atoms with Crippen molar-refractivity contribution in [1.82, 2.24) is 39.9 Å². The zero-order chi connectivity index (χ0) is 71.2. The molecule has 0 bridgehead atoms. The normalized spacial score (nSPS) is 13.4. The van der Waals surface area contributed by atoms with Gasteiger partial charge in [0.25, 0.3) is 0 Å². The van der Waals surface area contributed by atoms with Crippen molar-refractivity contribution in [3.05, 3.63) is 321 Å². The van der Waals surface area contributed by atoms with Gasteiger partial charge in [0.05, 0.1) is 44.7 Å². The van der Waals surface area contributed by atoms with Gasteiger partial charge >= 0.3 is 7.12 Å². The van der Waals surface area contributed by atoms with Gasteiger partial charge in [-0.1, -0.05) is 222 Å². The first kappa shape index (κ1) is 64.3. The molecule has 1 aliphatic heterocycles. The van der Waals surface area contributed by atoms with E-state index in [9.17, 15) is 0 Å². The van der Waals surface area contributed by atoms with Crippen LogP contribution in [0.5, 0.6) is 0 Å². The molecule has 21 rings (SSSR count). The third-order valence-corrected chi connectivity index (χ3v) is 21.7. The molecule has 0 N–H and O–H groups in total. The molecule has 7 heterocycles. The number of rotatable bonds is 8. The fraction of sp³-hybridized carbons (Fsp3) is 0.0638. The predicted molar refractivity (Wildman–Crippen MR) is 441 cm³/mol. The summed E-state index contributed by atoms with van der Waals surface area (Å²) in [6, 6.07) is 97.5. The fourth-order valence-corrected chi connectivity index (χ4v) is 15.9. The Balaban J connectivity index is 0.000000118. The Kier molecular flexibility index (Phi) is 15.8. The van der Waals surface area contributed by atoms with Gasteiger partial charge in [-0.05, 0) is 171 Å². The maximum Gasteiger partial charge on any atom is 0.494 e. The number of fused-ring (bicyclic) bond motifs is 12. The molecule has 0 aliphatic carbocycles. The summed E-state index contributed by atoms with van der Waals surface area (Å²) in [5, 5.41) is 19.2. The van der Waals surface area contributed by atoms with Gasteiger partial charge < -0.3 is 9.31 Å². The molecule has 0 amide bonds. The van der Waals surface area contributed by atoms with E-state index in [1.807, 2.05) is 67.1 Å². The van der Waals surface area contributed by atoms with Gasteiger partial charge in [0.1, 0.15) is 0 Å². The van der Waals surface area contributed by atoms with Crippen LogP contribution in [0.1, 0.15) is 27.7 Å². The molecule has 0 radical (unpaired) electrons. The van der Waals surface area contributed by atoms with Gasteiger partial charge in [-0.25, -0.2) is 19.9 Å². The maximum atomic E-state index is 6.27. The number of benzene rings is 14. The zero-order valence-corrected chi connectivity index (χ0v) is 60.0. The molecule has 0 atom stereocenters. The van der Waals surface area contributed by atoms with Crippen molar-refractivity contribution < 1.29 is 9.31 Å². The number of hydrogen-bond donors (Lipinski definition) is 0. The van der Waals surface area contributed by atoms with E-state index in [1.54, 1.807) is 18.6 Å². The highest BCUT2D eigenvalue weighted by Gasteiger charge is 2.51. The maximum absolute atomic E-state index is 6.27. The summed E-state index contributed by atoms with van der Waals surface area (Å²) in [6.07, 6.45) is 11.0. The number of nitrogens with zero attached hydrogens (tertiary/aromatic N) is 8. The molecule has 0 unspecified atom stereocenters. The molecule has 10 nitrogen and oxygen atoms in total. The summed E-state index contributed by atoms with van der Waals surface area (Å²) in [6.45, 7) is 8.31. The van der Waals surface area contributed by atoms with Gasteiger partial charge in [0, 0.05) is 118 Å². The van der Waals surface area contributed by atoms with Crippen LogP contribution in [0, 0.1) is 0 Å². The van der Waals surface area contributed by atoms with E-state index in [1.165, 1.54) is 53.9 Å². The van der Waals surface area contributed by atoms with Crippen LogP contribution in [0.15, 0.2) is 321 Å². The minimum absolute atomic E-state index is 0.378. The third kappa shape index (κ3) is 11.2. The van der Waals surface area contributed by atoms with E-state index < -0.39 is 7.12 Å². The molecule has 6 aromatic heterocycles. The van der Waals surface area contributed by atoms with E-state index in [0.29, 0.717) is 0 Å². The van der Waals surface area contributed by atoms with E-state index in [-0.39, 0.29) is 11.2 Å². The van der Waals surface area contributed by atoms with Gasteiger partial charge in [-0.2, -0.15) is 0 Å². The van der Waals surface area contributed by atoms with Gasteiger partial charge in [0.2, 0.25) is 0 Å². The van der Waals surface area contributed by atoms with Crippen LogP contribution < -0.4 is 5.46 Å². The number of hydrogen-bond acceptors (Lipinski definition) is 10. The fourth-order valence-electron chi connectivity index (χ4n) is 15.4. The Morgan fingerprint density at radius 1 is 0.274 bits per heavy atom. The summed E-state index contributed by atoms with van der Waals surface area (Å²) < 4.78 is 13.6. The van der Waals surface area contributed by atoms with Crippen LogP contribution in [0.3, 0.4) is 0 Å². The highest BCUT2D eigenvalue weighted by Crippen LogP contribution is 2.47. The van der Waals surface area contributed by atoms with Crippen LogP contribution in [-0.2, 0) is 9.31 Å². The Morgan fingerprint density at radius 2 is 0.604 bits per heavy atom. The average molecular weight is 1430 g/mol. The van der Waals surface area contributed by atoms with Crippen molar-refractivity contribution in [2.75, 3.05) is 0 Å². The lowest BCUT2D eigenvalue weighted by Gasteiger charge is -2.32. The lowest BCUT2D eigenvalue weighted by molar-refractivity contribution is 0.00578. The summed E-state index contributed by atoms with van der Waals surface area (Å²) >= 11 is 3.56. The molecule has 0 spiro atoms.